The Bertz CT molecular complexity index is 355. The zero-order valence-electron chi connectivity index (χ0n) is 9.98. The molecule has 0 aromatic carbocycles. The summed E-state index contributed by atoms with van der Waals surface area (Å²) in [5, 5.41) is 11.9. The van der Waals surface area contributed by atoms with Gasteiger partial charge in [-0.25, -0.2) is 9.78 Å². The first-order chi connectivity index (χ1) is 8.24. The number of aromatic carboxylic acids is 1. The van der Waals surface area contributed by atoms with E-state index in [0.717, 1.165) is 32.4 Å². The van der Waals surface area contributed by atoms with Crippen molar-refractivity contribution in [3.8, 4) is 0 Å². The van der Waals surface area contributed by atoms with Crippen molar-refractivity contribution < 1.29 is 14.6 Å². The molecule has 0 aliphatic rings. The third kappa shape index (κ3) is 5.31. The summed E-state index contributed by atoms with van der Waals surface area (Å²) < 4.78 is 4.95. The van der Waals surface area contributed by atoms with Crippen molar-refractivity contribution >= 4 is 11.8 Å². The number of carboxylic acid groups (broad SMARTS) is 1. The monoisotopic (exact) mass is 238 g/mol. The van der Waals surface area contributed by atoms with Gasteiger partial charge in [0.15, 0.2) is 5.69 Å². The highest BCUT2D eigenvalue weighted by Crippen LogP contribution is 2.05. The van der Waals surface area contributed by atoms with Crippen LogP contribution in [0.4, 0.5) is 5.82 Å². The summed E-state index contributed by atoms with van der Waals surface area (Å²) in [5.41, 5.74) is 0.0642. The Morgan fingerprint density at radius 2 is 2.24 bits per heavy atom. The maximum Gasteiger partial charge on any atom is 0.354 e. The molecule has 0 aliphatic carbocycles. The molecule has 0 spiro atoms. The number of ether oxygens (including phenoxy) is 1. The van der Waals surface area contributed by atoms with E-state index in [4.69, 9.17) is 9.84 Å². The number of nitrogens with one attached hydrogen (secondary N) is 1. The van der Waals surface area contributed by atoms with Gasteiger partial charge in [-0.2, -0.15) is 0 Å². The van der Waals surface area contributed by atoms with Crippen molar-refractivity contribution in [1.82, 2.24) is 4.98 Å². The lowest BCUT2D eigenvalue weighted by Gasteiger charge is -2.05. The number of pyridine rings is 1. The third-order valence-electron chi connectivity index (χ3n) is 2.30. The van der Waals surface area contributed by atoms with Gasteiger partial charge >= 0.3 is 5.97 Å². The highest BCUT2D eigenvalue weighted by atomic mass is 16.5. The van der Waals surface area contributed by atoms with Gasteiger partial charge in [0.1, 0.15) is 5.82 Å². The fourth-order valence-electron chi connectivity index (χ4n) is 1.42. The quantitative estimate of drug-likeness (QED) is 0.678. The molecule has 5 nitrogen and oxygen atoms in total. The Morgan fingerprint density at radius 1 is 1.41 bits per heavy atom. The molecular formula is C12H18N2O3. The number of carboxylic acids is 1. The van der Waals surface area contributed by atoms with E-state index < -0.39 is 5.97 Å². The topological polar surface area (TPSA) is 71.5 Å². The summed E-state index contributed by atoms with van der Waals surface area (Å²) in [4.78, 5) is 14.7. The van der Waals surface area contributed by atoms with Crippen molar-refractivity contribution in [2.45, 2.75) is 19.3 Å². The minimum Gasteiger partial charge on any atom is -0.477 e. The molecule has 0 amide bonds. The lowest BCUT2D eigenvalue weighted by Crippen LogP contribution is -2.07. The van der Waals surface area contributed by atoms with Crippen LogP contribution in [-0.4, -0.2) is 36.3 Å². The van der Waals surface area contributed by atoms with Gasteiger partial charge < -0.3 is 15.2 Å². The van der Waals surface area contributed by atoms with Crippen LogP contribution in [-0.2, 0) is 4.74 Å². The molecule has 0 saturated carbocycles. The Kier molecular flexibility index (Phi) is 6.03. The molecule has 0 atom stereocenters. The summed E-state index contributed by atoms with van der Waals surface area (Å²) in [5.74, 6) is -0.398. The van der Waals surface area contributed by atoms with E-state index in [0.29, 0.717) is 5.82 Å². The molecule has 1 aromatic rings. The number of methoxy groups -OCH3 is 1. The van der Waals surface area contributed by atoms with Crippen LogP contribution < -0.4 is 5.32 Å². The molecule has 0 saturated heterocycles. The minimum atomic E-state index is -1.01. The first-order valence-corrected chi connectivity index (χ1v) is 5.67. The predicted molar refractivity (Wildman–Crippen MR) is 65.4 cm³/mol. The van der Waals surface area contributed by atoms with Crippen LogP contribution in [0.25, 0.3) is 0 Å². The van der Waals surface area contributed by atoms with E-state index in [2.05, 4.69) is 10.3 Å². The maximum atomic E-state index is 10.7. The number of carbonyl (C=O) groups is 1. The van der Waals surface area contributed by atoms with Crippen molar-refractivity contribution in [1.29, 1.82) is 0 Å². The fourth-order valence-corrected chi connectivity index (χ4v) is 1.42. The lowest BCUT2D eigenvalue weighted by atomic mass is 10.2. The molecule has 1 rings (SSSR count). The average Bonchev–Trinajstić information content (AvgIpc) is 2.34. The highest BCUT2D eigenvalue weighted by molar-refractivity contribution is 5.85. The molecule has 0 bridgehead atoms. The smallest absolute Gasteiger partial charge is 0.354 e. The molecule has 2 N–H and O–H groups in total. The van der Waals surface area contributed by atoms with E-state index in [1.165, 1.54) is 6.07 Å². The Labute approximate surface area is 101 Å². The van der Waals surface area contributed by atoms with Gasteiger partial charge in [0, 0.05) is 20.3 Å². The van der Waals surface area contributed by atoms with Gasteiger partial charge in [0.25, 0.3) is 0 Å². The summed E-state index contributed by atoms with van der Waals surface area (Å²) in [6.45, 7) is 1.58. The van der Waals surface area contributed by atoms with Crippen LogP contribution >= 0.6 is 0 Å². The van der Waals surface area contributed by atoms with Gasteiger partial charge in [-0.3, -0.25) is 0 Å². The fraction of sp³-hybridized carbons (Fsp3) is 0.500. The second-order valence-corrected chi connectivity index (χ2v) is 3.69. The van der Waals surface area contributed by atoms with E-state index >= 15 is 0 Å². The number of hydrogen-bond acceptors (Lipinski definition) is 4. The molecule has 1 heterocycles. The molecule has 0 radical (unpaired) electrons. The van der Waals surface area contributed by atoms with Crippen LogP contribution in [0.3, 0.4) is 0 Å². The van der Waals surface area contributed by atoms with Gasteiger partial charge in [-0.15, -0.1) is 0 Å². The summed E-state index contributed by atoms with van der Waals surface area (Å²) >= 11 is 0. The number of anilines is 1. The zero-order chi connectivity index (χ0) is 12.5. The molecule has 1 aromatic heterocycles. The standard InChI is InChI=1S/C12H18N2O3/c1-17-9-4-2-3-8-13-11-7-5-6-10(14-11)12(15)16/h5-7H,2-4,8-9H2,1H3,(H,13,14)(H,15,16). The molecule has 94 valence electrons. The normalized spacial score (nSPS) is 10.2. The first-order valence-electron chi connectivity index (χ1n) is 5.67. The van der Waals surface area contributed by atoms with Crippen LogP contribution in [0.2, 0.25) is 0 Å². The average molecular weight is 238 g/mol. The molecule has 5 heteroatoms. The SMILES string of the molecule is COCCCCCNc1cccc(C(=O)O)n1. The van der Waals surface area contributed by atoms with Crippen LogP contribution in [0.15, 0.2) is 18.2 Å². The second-order valence-electron chi connectivity index (χ2n) is 3.69. The highest BCUT2D eigenvalue weighted by Gasteiger charge is 2.04. The molecular weight excluding hydrogens is 220 g/mol. The van der Waals surface area contributed by atoms with Gasteiger partial charge in [0.2, 0.25) is 0 Å². The lowest BCUT2D eigenvalue weighted by molar-refractivity contribution is 0.0690. The third-order valence-corrected chi connectivity index (χ3v) is 2.30. The number of hydrogen-bond donors (Lipinski definition) is 2. The summed E-state index contributed by atoms with van der Waals surface area (Å²) in [6, 6.07) is 4.93. The maximum absolute atomic E-state index is 10.7. The van der Waals surface area contributed by atoms with Crippen LogP contribution in [0.1, 0.15) is 29.8 Å². The van der Waals surface area contributed by atoms with E-state index in [1.54, 1.807) is 19.2 Å². The summed E-state index contributed by atoms with van der Waals surface area (Å²) in [7, 11) is 1.69. The van der Waals surface area contributed by atoms with Crippen molar-refractivity contribution in [3.63, 3.8) is 0 Å². The largest absolute Gasteiger partial charge is 0.477 e. The van der Waals surface area contributed by atoms with E-state index in [9.17, 15) is 4.79 Å². The minimum absolute atomic E-state index is 0.0642. The molecule has 0 unspecified atom stereocenters. The predicted octanol–water partition coefficient (Wildman–Crippen LogP) is 2.01. The van der Waals surface area contributed by atoms with Crippen molar-refractivity contribution in [2.24, 2.45) is 0 Å². The number of unbranched alkanes of at least 4 members (excludes halogenated alkanes) is 2. The Hall–Kier alpha value is -1.62. The van der Waals surface area contributed by atoms with Crippen LogP contribution in [0, 0.1) is 0 Å². The molecule has 0 aliphatic heterocycles. The zero-order valence-corrected chi connectivity index (χ0v) is 9.98. The molecule has 17 heavy (non-hydrogen) atoms. The number of rotatable bonds is 8. The van der Waals surface area contributed by atoms with Crippen LogP contribution in [0.5, 0.6) is 0 Å². The number of nitrogens with zero attached hydrogens (tertiary/aromatic N) is 1. The Balaban J connectivity index is 2.27. The van der Waals surface area contributed by atoms with Gasteiger partial charge in [0.05, 0.1) is 0 Å². The van der Waals surface area contributed by atoms with Gasteiger partial charge in [-0.1, -0.05) is 6.07 Å². The Morgan fingerprint density at radius 3 is 2.94 bits per heavy atom. The molecule has 0 fully saturated rings. The first kappa shape index (κ1) is 13.4. The van der Waals surface area contributed by atoms with E-state index in [-0.39, 0.29) is 5.69 Å². The number of aromatic nitrogens is 1. The van der Waals surface area contributed by atoms with Crippen molar-refractivity contribution in [2.75, 3.05) is 25.6 Å². The van der Waals surface area contributed by atoms with Crippen molar-refractivity contribution in [3.05, 3.63) is 23.9 Å². The summed E-state index contributed by atoms with van der Waals surface area (Å²) in [6.07, 6.45) is 3.14. The second kappa shape index (κ2) is 7.62. The van der Waals surface area contributed by atoms with Gasteiger partial charge in [-0.05, 0) is 31.4 Å². The van der Waals surface area contributed by atoms with E-state index in [1.807, 2.05) is 0 Å².